The summed E-state index contributed by atoms with van der Waals surface area (Å²) in [6, 6.07) is 13.4. The monoisotopic (exact) mass is 448 g/mol. The largest absolute Gasteiger partial charge is 0.497 e. The molecule has 0 aliphatic carbocycles. The van der Waals surface area contributed by atoms with Crippen molar-refractivity contribution in [1.29, 1.82) is 0 Å². The van der Waals surface area contributed by atoms with Crippen LogP contribution in [0.2, 0.25) is 0 Å². The lowest BCUT2D eigenvalue weighted by molar-refractivity contribution is -0.139. The molecular weight excluding hydrogens is 420 g/mol. The lowest BCUT2D eigenvalue weighted by atomic mass is 10.2. The fourth-order valence-corrected chi connectivity index (χ4v) is 4.76. The van der Waals surface area contributed by atoms with Gasteiger partial charge in [-0.05, 0) is 62.4 Å². The Balaban J connectivity index is 1.56. The van der Waals surface area contributed by atoms with Crippen LogP contribution in [0.1, 0.15) is 13.8 Å². The van der Waals surface area contributed by atoms with Crippen molar-refractivity contribution in [2.45, 2.75) is 24.8 Å². The maximum atomic E-state index is 12.9. The van der Waals surface area contributed by atoms with Gasteiger partial charge in [0.2, 0.25) is 10.0 Å². The SMILES string of the molecule is CCOc1ccc(S(=O)(=O)N2CCN(C(=O)C(C)Oc3ccc(OC)cc3)CC2)cc1. The molecular formula is C22H28N2O6S. The molecule has 168 valence electrons. The van der Waals surface area contributed by atoms with Gasteiger partial charge in [-0.1, -0.05) is 0 Å². The normalized spacial score (nSPS) is 15.9. The van der Waals surface area contributed by atoms with Crippen LogP contribution in [0.25, 0.3) is 0 Å². The molecule has 8 nitrogen and oxygen atoms in total. The van der Waals surface area contributed by atoms with E-state index in [1.165, 1.54) is 4.31 Å². The summed E-state index contributed by atoms with van der Waals surface area (Å²) in [7, 11) is -2.04. The minimum absolute atomic E-state index is 0.172. The number of rotatable bonds is 8. The second-order valence-corrected chi connectivity index (χ2v) is 9.01. The van der Waals surface area contributed by atoms with Crippen molar-refractivity contribution in [1.82, 2.24) is 9.21 Å². The first-order chi connectivity index (χ1) is 14.8. The summed E-state index contributed by atoms with van der Waals surface area (Å²) in [6.07, 6.45) is -0.678. The van der Waals surface area contributed by atoms with Crippen LogP contribution in [0.4, 0.5) is 0 Å². The Morgan fingerprint density at radius 1 is 0.935 bits per heavy atom. The highest BCUT2D eigenvalue weighted by atomic mass is 32.2. The molecule has 0 bridgehead atoms. The van der Waals surface area contributed by atoms with Crippen LogP contribution >= 0.6 is 0 Å². The Bertz CT molecular complexity index is 968. The lowest BCUT2D eigenvalue weighted by Gasteiger charge is -2.35. The summed E-state index contributed by atoms with van der Waals surface area (Å²) in [5.74, 6) is 1.73. The molecule has 2 aromatic rings. The maximum absolute atomic E-state index is 12.9. The van der Waals surface area contributed by atoms with E-state index < -0.39 is 16.1 Å². The first-order valence-electron chi connectivity index (χ1n) is 10.2. The van der Waals surface area contributed by atoms with Crippen molar-refractivity contribution >= 4 is 15.9 Å². The average Bonchev–Trinajstić information content (AvgIpc) is 2.79. The van der Waals surface area contributed by atoms with E-state index >= 15 is 0 Å². The second kappa shape index (κ2) is 10.0. The van der Waals surface area contributed by atoms with Gasteiger partial charge in [0.25, 0.3) is 5.91 Å². The highest BCUT2D eigenvalue weighted by Gasteiger charge is 2.32. The van der Waals surface area contributed by atoms with Gasteiger partial charge in [0, 0.05) is 26.2 Å². The van der Waals surface area contributed by atoms with Gasteiger partial charge < -0.3 is 19.1 Å². The molecule has 1 atom stereocenters. The molecule has 3 rings (SSSR count). The van der Waals surface area contributed by atoms with Crippen molar-refractivity contribution in [2.24, 2.45) is 0 Å². The van der Waals surface area contributed by atoms with E-state index in [0.29, 0.717) is 36.9 Å². The van der Waals surface area contributed by atoms with Crippen molar-refractivity contribution in [3.8, 4) is 17.2 Å². The standard InChI is InChI=1S/C22H28N2O6S/c1-4-29-19-9-11-21(12-10-19)31(26,27)24-15-13-23(14-16-24)22(25)17(2)30-20-7-5-18(28-3)6-8-20/h5-12,17H,4,13-16H2,1-3H3. The number of nitrogens with zero attached hydrogens (tertiary/aromatic N) is 2. The van der Waals surface area contributed by atoms with Crippen LogP contribution in [0.5, 0.6) is 17.2 Å². The van der Waals surface area contributed by atoms with E-state index in [9.17, 15) is 13.2 Å². The summed E-state index contributed by atoms with van der Waals surface area (Å²) in [5.41, 5.74) is 0. The fourth-order valence-electron chi connectivity index (χ4n) is 3.34. The molecule has 1 aliphatic rings. The fraction of sp³-hybridized carbons (Fsp3) is 0.409. The molecule has 1 fully saturated rings. The zero-order valence-corrected chi connectivity index (χ0v) is 18.8. The molecule has 0 radical (unpaired) electrons. The molecule has 1 unspecified atom stereocenters. The molecule has 0 spiro atoms. The van der Waals surface area contributed by atoms with Crippen molar-refractivity contribution in [2.75, 3.05) is 39.9 Å². The number of sulfonamides is 1. The molecule has 9 heteroatoms. The van der Waals surface area contributed by atoms with Crippen molar-refractivity contribution in [3.63, 3.8) is 0 Å². The summed E-state index contributed by atoms with van der Waals surface area (Å²) in [4.78, 5) is 14.6. The van der Waals surface area contributed by atoms with Gasteiger partial charge in [-0.15, -0.1) is 0 Å². The molecule has 0 saturated carbocycles. The van der Waals surface area contributed by atoms with E-state index in [2.05, 4.69) is 0 Å². The van der Waals surface area contributed by atoms with Gasteiger partial charge in [0.15, 0.2) is 6.10 Å². The van der Waals surface area contributed by atoms with Gasteiger partial charge >= 0.3 is 0 Å². The van der Waals surface area contributed by atoms with E-state index in [0.717, 1.165) is 0 Å². The molecule has 1 heterocycles. The quantitative estimate of drug-likeness (QED) is 0.617. The molecule has 2 aromatic carbocycles. The van der Waals surface area contributed by atoms with Gasteiger partial charge in [0.1, 0.15) is 17.2 Å². The zero-order chi connectivity index (χ0) is 22.4. The van der Waals surface area contributed by atoms with E-state index in [4.69, 9.17) is 14.2 Å². The summed E-state index contributed by atoms with van der Waals surface area (Å²) in [5, 5.41) is 0. The summed E-state index contributed by atoms with van der Waals surface area (Å²) in [6.45, 7) is 5.16. The third-order valence-corrected chi connectivity index (χ3v) is 6.96. The van der Waals surface area contributed by atoms with E-state index in [-0.39, 0.29) is 23.9 Å². The highest BCUT2D eigenvalue weighted by Crippen LogP contribution is 2.22. The highest BCUT2D eigenvalue weighted by molar-refractivity contribution is 7.89. The zero-order valence-electron chi connectivity index (χ0n) is 18.0. The molecule has 0 aromatic heterocycles. The Kier molecular flexibility index (Phi) is 7.40. The predicted molar refractivity (Wildman–Crippen MR) is 116 cm³/mol. The Morgan fingerprint density at radius 3 is 2.03 bits per heavy atom. The van der Waals surface area contributed by atoms with E-state index in [1.54, 1.807) is 67.5 Å². The number of amides is 1. The molecule has 1 amide bonds. The number of carbonyl (C=O) groups excluding carboxylic acids is 1. The van der Waals surface area contributed by atoms with Crippen molar-refractivity contribution in [3.05, 3.63) is 48.5 Å². The van der Waals surface area contributed by atoms with E-state index in [1.807, 2.05) is 6.92 Å². The number of hydrogen-bond donors (Lipinski definition) is 0. The Labute approximate surface area is 183 Å². The molecule has 0 N–H and O–H groups in total. The van der Waals surface area contributed by atoms with Crippen LogP contribution in [0.15, 0.2) is 53.4 Å². The number of methoxy groups -OCH3 is 1. The predicted octanol–water partition coefficient (Wildman–Crippen LogP) is 2.39. The van der Waals surface area contributed by atoms with Crippen molar-refractivity contribution < 1.29 is 27.4 Å². The number of piperazine rings is 1. The Morgan fingerprint density at radius 2 is 1.48 bits per heavy atom. The smallest absolute Gasteiger partial charge is 0.263 e. The lowest BCUT2D eigenvalue weighted by Crippen LogP contribution is -2.53. The van der Waals surface area contributed by atoms with Gasteiger partial charge in [-0.25, -0.2) is 8.42 Å². The molecule has 1 saturated heterocycles. The number of carbonyl (C=O) groups is 1. The number of benzene rings is 2. The topological polar surface area (TPSA) is 85.4 Å². The minimum atomic E-state index is -3.62. The summed E-state index contributed by atoms with van der Waals surface area (Å²) >= 11 is 0. The van der Waals surface area contributed by atoms with Crippen LogP contribution in [-0.2, 0) is 14.8 Å². The Hall–Kier alpha value is -2.78. The third kappa shape index (κ3) is 5.48. The second-order valence-electron chi connectivity index (χ2n) is 7.07. The first kappa shape index (κ1) is 22.9. The number of hydrogen-bond acceptors (Lipinski definition) is 6. The molecule has 31 heavy (non-hydrogen) atoms. The van der Waals surface area contributed by atoms with Crippen LogP contribution in [-0.4, -0.2) is 69.5 Å². The summed E-state index contributed by atoms with van der Waals surface area (Å²) < 4.78 is 43.4. The minimum Gasteiger partial charge on any atom is -0.497 e. The maximum Gasteiger partial charge on any atom is 0.263 e. The average molecular weight is 449 g/mol. The van der Waals surface area contributed by atoms with Gasteiger partial charge in [-0.2, -0.15) is 4.31 Å². The number of ether oxygens (including phenoxy) is 3. The van der Waals surface area contributed by atoms with Crippen LogP contribution in [0, 0.1) is 0 Å². The first-order valence-corrected chi connectivity index (χ1v) is 11.6. The third-order valence-electron chi connectivity index (χ3n) is 5.04. The van der Waals surface area contributed by atoms with Crippen LogP contribution < -0.4 is 14.2 Å². The molecule has 1 aliphatic heterocycles. The van der Waals surface area contributed by atoms with Gasteiger partial charge in [0.05, 0.1) is 18.6 Å². The van der Waals surface area contributed by atoms with Crippen LogP contribution in [0.3, 0.4) is 0 Å². The van der Waals surface area contributed by atoms with Gasteiger partial charge in [-0.3, -0.25) is 4.79 Å².